The normalized spacial score (nSPS) is 13.8. The van der Waals surface area contributed by atoms with E-state index in [0.717, 1.165) is 12.1 Å². The second-order valence-corrected chi connectivity index (χ2v) is 6.71. The molecule has 2 aromatic rings. The standard InChI is InChI=1S/C19H27N3O3S/c1-5-20-19(22-13(2)18-7-6-10-26-18)21-12-15(23)14-8-9-16(24-3)17(11-14)25-4/h6-11,13,15,23H,5,12H2,1-4H3,(H2,20,21,22). The molecule has 3 N–H and O–H groups in total. The summed E-state index contributed by atoms with van der Waals surface area (Å²) < 4.78 is 10.5. The van der Waals surface area contributed by atoms with Crippen molar-refractivity contribution in [3.05, 3.63) is 46.2 Å². The first-order chi connectivity index (χ1) is 12.6. The van der Waals surface area contributed by atoms with E-state index in [1.807, 2.05) is 19.1 Å². The lowest BCUT2D eigenvalue weighted by atomic mass is 10.1. The highest BCUT2D eigenvalue weighted by Gasteiger charge is 2.13. The maximum absolute atomic E-state index is 10.5. The van der Waals surface area contributed by atoms with E-state index < -0.39 is 6.10 Å². The molecule has 0 aliphatic rings. The van der Waals surface area contributed by atoms with Gasteiger partial charge in [0.25, 0.3) is 0 Å². The Balaban J connectivity index is 2.05. The Bertz CT molecular complexity index is 704. The number of rotatable bonds is 8. The fourth-order valence-electron chi connectivity index (χ4n) is 2.48. The summed E-state index contributed by atoms with van der Waals surface area (Å²) >= 11 is 1.70. The van der Waals surface area contributed by atoms with Crippen LogP contribution in [0.1, 0.15) is 36.4 Å². The number of benzene rings is 1. The third-order valence-corrected chi connectivity index (χ3v) is 4.94. The SMILES string of the molecule is CCNC(=NCC(O)c1ccc(OC)c(OC)c1)NC(C)c1cccs1. The molecule has 6 nitrogen and oxygen atoms in total. The van der Waals surface area contributed by atoms with Crippen molar-refractivity contribution in [2.75, 3.05) is 27.3 Å². The Morgan fingerprint density at radius 3 is 2.62 bits per heavy atom. The van der Waals surface area contributed by atoms with E-state index in [0.29, 0.717) is 17.5 Å². The average Bonchev–Trinajstić information content (AvgIpc) is 3.20. The van der Waals surface area contributed by atoms with Gasteiger partial charge >= 0.3 is 0 Å². The van der Waals surface area contributed by atoms with Crippen molar-refractivity contribution in [2.45, 2.75) is 26.0 Å². The number of ether oxygens (including phenoxy) is 2. The van der Waals surface area contributed by atoms with Crippen LogP contribution in [0.4, 0.5) is 0 Å². The van der Waals surface area contributed by atoms with Crippen LogP contribution in [0.25, 0.3) is 0 Å². The number of nitrogens with one attached hydrogen (secondary N) is 2. The van der Waals surface area contributed by atoms with Gasteiger partial charge in [-0.1, -0.05) is 12.1 Å². The highest BCUT2D eigenvalue weighted by molar-refractivity contribution is 7.10. The van der Waals surface area contributed by atoms with Crippen LogP contribution in [-0.4, -0.2) is 38.4 Å². The van der Waals surface area contributed by atoms with Crippen LogP contribution in [-0.2, 0) is 0 Å². The van der Waals surface area contributed by atoms with Gasteiger partial charge in [0.15, 0.2) is 17.5 Å². The molecule has 0 saturated heterocycles. The minimum absolute atomic E-state index is 0.144. The second kappa shape index (κ2) is 10.0. The van der Waals surface area contributed by atoms with Crippen molar-refractivity contribution < 1.29 is 14.6 Å². The van der Waals surface area contributed by atoms with Gasteiger partial charge in [0.05, 0.1) is 32.9 Å². The average molecular weight is 378 g/mol. The molecular weight excluding hydrogens is 350 g/mol. The summed E-state index contributed by atoms with van der Waals surface area (Å²) in [6.45, 7) is 5.08. The van der Waals surface area contributed by atoms with Crippen molar-refractivity contribution in [3.8, 4) is 11.5 Å². The monoisotopic (exact) mass is 377 g/mol. The van der Waals surface area contributed by atoms with E-state index in [-0.39, 0.29) is 12.6 Å². The van der Waals surface area contributed by atoms with Crippen LogP contribution in [0.5, 0.6) is 11.5 Å². The summed E-state index contributed by atoms with van der Waals surface area (Å²) in [6.07, 6.45) is -0.734. The summed E-state index contributed by atoms with van der Waals surface area (Å²) in [5.74, 6) is 1.89. The van der Waals surface area contributed by atoms with Crippen molar-refractivity contribution in [1.82, 2.24) is 10.6 Å². The van der Waals surface area contributed by atoms with Crippen LogP contribution >= 0.6 is 11.3 Å². The molecule has 7 heteroatoms. The summed E-state index contributed by atoms with van der Waals surface area (Å²) in [6, 6.07) is 9.63. The largest absolute Gasteiger partial charge is 0.493 e. The topological polar surface area (TPSA) is 75.1 Å². The maximum Gasteiger partial charge on any atom is 0.191 e. The highest BCUT2D eigenvalue weighted by Crippen LogP contribution is 2.30. The van der Waals surface area contributed by atoms with Gasteiger partial charge in [-0.3, -0.25) is 4.99 Å². The minimum atomic E-state index is -0.734. The van der Waals surface area contributed by atoms with Crippen LogP contribution in [0.3, 0.4) is 0 Å². The first-order valence-corrected chi connectivity index (χ1v) is 9.45. The summed E-state index contributed by atoms with van der Waals surface area (Å²) in [5, 5.41) is 19.1. The molecule has 0 aliphatic heterocycles. The number of guanidine groups is 1. The van der Waals surface area contributed by atoms with Gasteiger partial charge in [0.1, 0.15) is 0 Å². The van der Waals surface area contributed by atoms with Gasteiger partial charge in [0, 0.05) is 11.4 Å². The van der Waals surface area contributed by atoms with Gasteiger partial charge in [-0.15, -0.1) is 11.3 Å². The molecule has 2 unspecified atom stereocenters. The number of aliphatic hydroxyl groups excluding tert-OH is 1. The predicted molar refractivity (Wildman–Crippen MR) is 106 cm³/mol. The number of hydrogen-bond acceptors (Lipinski definition) is 5. The van der Waals surface area contributed by atoms with E-state index in [1.54, 1.807) is 37.7 Å². The number of hydrogen-bond donors (Lipinski definition) is 3. The molecule has 0 aliphatic carbocycles. The summed E-state index contributed by atoms with van der Waals surface area (Å²) in [5.41, 5.74) is 0.730. The smallest absolute Gasteiger partial charge is 0.191 e. The summed E-state index contributed by atoms with van der Waals surface area (Å²) in [4.78, 5) is 5.75. The molecule has 1 aromatic heterocycles. The van der Waals surface area contributed by atoms with Crippen LogP contribution < -0.4 is 20.1 Å². The number of aliphatic imine (C=N–C) groups is 1. The minimum Gasteiger partial charge on any atom is -0.493 e. The molecule has 1 heterocycles. The predicted octanol–water partition coefficient (Wildman–Crippen LogP) is 3.12. The fraction of sp³-hybridized carbons (Fsp3) is 0.421. The van der Waals surface area contributed by atoms with E-state index in [1.165, 1.54) is 4.88 Å². The molecule has 2 atom stereocenters. The lowest BCUT2D eigenvalue weighted by Gasteiger charge is -2.18. The lowest BCUT2D eigenvalue weighted by Crippen LogP contribution is -2.38. The zero-order valence-electron chi connectivity index (χ0n) is 15.7. The van der Waals surface area contributed by atoms with Crippen LogP contribution in [0.15, 0.2) is 40.7 Å². The fourth-order valence-corrected chi connectivity index (χ4v) is 3.21. The van der Waals surface area contributed by atoms with Crippen molar-refractivity contribution in [1.29, 1.82) is 0 Å². The van der Waals surface area contributed by atoms with Gasteiger partial charge in [-0.25, -0.2) is 0 Å². The zero-order valence-corrected chi connectivity index (χ0v) is 16.5. The number of thiophene rings is 1. The van der Waals surface area contributed by atoms with Crippen LogP contribution in [0.2, 0.25) is 0 Å². The van der Waals surface area contributed by atoms with E-state index in [9.17, 15) is 5.11 Å². The van der Waals surface area contributed by atoms with Crippen molar-refractivity contribution in [2.24, 2.45) is 4.99 Å². The van der Waals surface area contributed by atoms with Crippen molar-refractivity contribution >= 4 is 17.3 Å². The van der Waals surface area contributed by atoms with Gasteiger partial charge in [-0.2, -0.15) is 0 Å². The Morgan fingerprint density at radius 1 is 1.23 bits per heavy atom. The van der Waals surface area contributed by atoms with E-state index >= 15 is 0 Å². The van der Waals surface area contributed by atoms with E-state index in [2.05, 4.69) is 34.0 Å². The second-order valence-electron chi connectivity index (χ2n) is 5.73. The maximum atomic E-state index is 10.5. The molecule has 142 valence electrons. The molecule has 0 bridgehead atoms. The quantitative estimate of drug-likeness (QED) is 0.487. The molecule has 1 aromatic carbocycles. The highest BCUT2D eigenvalue weighted by atomic mass is 32.1. The number of nitrogens with zero attached hydrogens (tertiary/aromatic N) is 1. The van der Waals surface area contributed by atoms with Gasteiger partial charge in [-0.05, 0) is 43.0 Å². The molecule has 0 radical (unpaired) electrons. The first-order valence-electron chi connectivity index (χ1n) is 8.57. The van der Waals surface area contributed by atoms with Crippen LogP contribution in [0, 0.1) is 0 Å². The Kier molecular flexibility index (Phi) is 7.74. The van der Waals surface area contributed by atoms with Crippen molar-refractivity contribution in [3.63, 3.8) is 0 Å². The molecule has 0 spiro atoms. The molecular formula is C19H27N3O3S. The third-order valence-electron chi connectivity index (χ3n) is 3.88. The molecule has 2 rings (SSSR count). The molecule has 26 heavy (non-hydrogen) atoms. The van der Waals surface area contributed by atoms with Gasteiger partial charge < -0.3 is 25.2 Å². The Hall–Kier alpha value is -2.25. The molecule has 0 fully saturated rings. The lowest BCUT2D eigenvalue weighted by molar-refractivity contribution is 0.186. The molecule has 0 amide bonds. The number of aliphatic hydroxyl groups is 1. The first kappa shape index (κ1) is 20.1. The zero-order chi connectivity index (χ0) is 18.9. The Morgan fingerprint density at radius 2 is 2.00 bits per heavy atom. The number of methoxy groups -OCH3 is 2. The third kappa shape index (κ3) is 5.37. The van der Waals surface area contributed by atoms with E-state index in [4.69, 9.17) is 9.47 Å². The molecule has 0 saturated carbocycles. The summed E-state index contributed by atoms with van der Waals surface area (Å²) in [7, 11) is 3.16. The Labute approximate surface area is 158 Å². The van der Waals surface area contributed by atoms with Gasteiger partial charge in [0.2, 0.25) is 0 Å².